The van der Waals surface area contributed by atoms with Crippen molar-refractivity contribution in [2.75, 3.05) is 10.5 Å². The fourth-order valence-electron chi connectivity index (χ4n) is 2.04. The van der Waals surface area contributed by atoms with Gasteiger partial charge in [-0.1, -0.05) is 28.1 Å². The molecule has 2 rings (SSSR count). The summed E-state index contributed by atoms with van der Waals surface area (Å²) in [7, 11) is -3.65. The number of sulfonamides is 1. The third kappa shape index (κ3) is 3.22. The lowest BCUT2D eigenvalue weighted by Crippen LogP contribution is -2.15. The number of nitrogens with one attached hydrogen (secondary N) is 1. The maximum absolute atomic E-state index is 12.6. The number of nitrogens with two attached hydrogens (primary N) is 1. The standard InChI is InChI=1S/C15H17BrN2O2S/c1-9-4-6-12(16)8-14(9)21(19,20)18-13-7-5-10(2)15(17)11(13)3/h4-8,18H,17H2,1-3H3. The topological polar surface area (TPSA) is 72.2 Å². The SMILES string of the molecule is Cc1ccc(Br)cc1S(=O)(=O)Nc1ccc(C)c(N)c1C. The smallest absolute Gasteiger partial charge is 0.262 e. The van der Waals surface area contributed by atoms with Gasteiger partial charge >= 0.3 is 0 Å². The van der Waals surface area contributed by atoms with Gasteiger partial charge in [-0.2, -0.15) is 0 Å². The fraction of sp³-hybridized carbons (Fsp3) is 0.200. The molecule has 112 valence electrons. The van der Waals surface area contributed by atoms with E-state index in [4.69, 9.17) is 5.73 Å². The van der Waals surface area contributed by atoms with Gasteiger partial charge in [0, 0.05) is 10.2 Å². The van der Waals surface area contributed by atoms with Crippen LogP contribution >= 0.6 is 15.9 Å². The van der Waals surface area contributed by atoms with E-state index in [2.05, 4.69) is 20.7 Å². The highest BCUT2D eigenvalue weighted by atomic mass is 79.9. The summed E-state index contributed by atoms with van der Waals surface area (Å²) in [5.74, 6) is 0. The van der Waals surface area contributed by atoms with E-state index < -0.39 is 10.0 Å². The first-order chi connectivity index (χ1) is 9.72. The molecule has 0 fully saturated rings. The summed E-state index contributed by atoms with van der Waals surface area (Å²) in [6.45, 7) is 5.45. The first-order valence-electron chi connectivity index (χ1n) is 6.37. The van der Waals surface area contributed by atoms with Crippen LogP contribution in [0.5, 0.6) is 0 Å². The zero-order valence-electron chi connectivity index (χ0n) is 12.1. The molecule has 2 aromatic rings. The van der Waals surface area contributed by atoms with Crippen LogP contribution in [0, 0.1) is 20.8 Å². The van der Waals surface area contributed by atoms with Crippen LogP contribution in [0.4, 0.5) is 11.4 Å². The van der Waals surface area contributed by atoms with Crippen LogP contribution in [0.2, 0.25) is 0 Å². The van der Waals surface area contributed by atoms with E-state index >= 15 is 0 Å². The third-order valence-corrected chi connectivity index (χ3v) is 5.42. The Bertz CT molecular complexity index is 802. The van der Waals surface area contributed by atoms with E-state index in [-0.39, 0.29) is 4.90 Å². The molecule has 0 atom stereocenters. The Morgan fingerprint density at radius 1 is 1.05 bits per heavy atom. The predicted molar refractivity (Wildman–Crippen MR) is 90.0 cm³/mol. The molecule has 0 aliphatic heterocycles. The summed E-state index contributed by atoms with van der Waals surface area (Å²) in [5, 5.41) is 0. The van der Waals surface area contributed by atoms with Crippen LogP contribution in [-0.4, -0.2) is 8.42 Å². The predicted octanol–water partition coefficient (Wildman–Crippen LogP) is 3.76. The van der Waals surface area contributed by atoms with Gasteiger partial charge in [0.25, 0.3) is 10.0 Å². The molecule has 4 nitrogen and oxygen atoms in total. The van der Waals surface area contributed by atoms with E-state index in [0.717, 1.165) is 11.1 Å². The minimum atomic E-state index is -3.65. The van der Waals surface area contributed by atoms with E-state index in [0.29, 0.717) is 21.4 Å². The average molecular weight is 369 g/mol. The summed E-state index contributed by atoms with van der Waals surface area (Å²) in [6, 6.07) is 8.68. The molecule has 2 aromatic carbocycles. The first-order valence-corrected chi connectivity index (χ1v) is 8.64. The van der Waals surface area contributed by atoms with Gasteiger partial charge in [0.1, 0.15) is 0 Å². The lowest BCUT2D eigenvalue weighted by molar-refractivity contribution is 0.600. The van der Waals surface area contributed by atoms with Crippen molar-refractivity contribution in [2.45, 2.75) is 25.7 Å². The highest BCUT2D eigenvalue weighted by Crippen LogP contribution is 2.28. The van der Waals surface area contributed by atoms with Crippen LogP contribution in [-0.2, 0) is 10.0 Å². The molecule has 0 saturated carbocycles. The molecular weight excluding hydrogens is 352 g/mol. The van der Waals surface area contributed by atoms with Gasteiger partial charge in [0.2, 0.25) is 0 Å². The zero-order chi connectivity index (χ0) is 15.8. The zero-order valence-corrected chi connectivity index (χ0v) is 14.5. The minimum Gasteiger partial charge on any atom is -0.398 e. The quantitative estimate of drug-likeness (QED) is 0.810. The van der Waals surface area contributed by atoms with Crippen molar-refractivity contribution < 1.29 is 8.42 Å². The number of benzene rings is 2. The number of anilines is 2. The summed E-state index contributed by atoms with van der Waals surface area (Å²) >= 11 is 3.30. The van der Waals surface area contributed by atoms with Crippen LogP contribution in [0.1, 0.15) is 16.7 Å². The molecule has 0 unspecified atom stereocenters. The van der Waals surface area contributed by atoms with Crippen molar-refractivity contribution in [3.05, 3.63) is 51.5 Å². The second-order valence-electron chi connectivity index (χ2n) is 4.98. The Hall–Kier alpha value is -1.53. The molecule has 0 aromatic heterocycles. The molecule has 0 amide bonds. The molecule has 0 bridgehead atoms. The second-order valence-corrected chi connectivity index (χ2v) is 7.55. The Balaban J connectivity index is 2.47. The van der Waals surface area contributed by atoms with Crippen LogP contribution in [0.15, 0.2) is 39.7 Å². The molecule has 0 spiro atoms. The number of rotatable bonds is 3. The molecule has 0 heterocycles. The minimum absolute atomic E-state index is 0.246. The van der Waals surface area contributed by atoms with E-state index in [9.17, 15) is 8.42 Å². The van der Waals surface area contributed by atoms with Gasteiger partial charge in [0.15, 0.2) is 0 Å². The number of hydrogen-bond donors (Lipinski definition) is 2. The van der Waals surface area contributed by atoms with Gasteiger partial charge in [-0.15, -0.1) is 0 Å². The maximum atomic E-state index is 12.6. The Labute approximate surface area is 133 Å². The summed E-state index contributed by atoms with van der Waals surface area (Å²) in [4.78, 5) is 0.246. The molecular formula is C15H17BrN2O2S. The molecule has 0 saturated heterocycles. The fourth-order valence-corrected chi connectivity index (χ4v) is 3.94. The number of nitrogen functional groups attached to an aromatic ring is 1. The van der Waals surface area contributed by atoms with Crippen molar-refractivity contribution in [1.82, 2.24) is 0 Å². The van der Waals surface area contributed by atoms with Gasteiger partial charge in [-0.25, -0.2) is 8.42 Å². The lowest BCUT2D eigenvalue weighted by Gasteiger charge is -2.15. The lowest BCUT2D eigenvalue weighted by atomic mass is 10.1. The van der Waals surface area contributed by atoms with E-state index in [1.165, 1.54) is 0 Å². The summed E-state index contributed by atoms with van der Waals surface area (Å²) < 4.78 is 28.4. The number of aryl methyl sites for hydroxylation is 2. The molecule has 21 heavy (non-hydrogen) atoms. The van der Waals surface area contributed by atoms with Crippen molar-refractivity contribution in [3.63, 3.8) is 0 Å². The van der Waals surface area contributed by atoms with Crippen LogP contribution < -0.4 is 10.5 Å². The van der Waals surface area contributed by atoms with E-state index in [1.807, 2.05) is 13.0 Å². The highest BCUT2D eigenvalue weighted by molar-refractivity contribution is 9.10. The van der Waals surface area contributed by atoms with Crippen molar-refractivity contribution in [3.8, 4) is 0 Å². The molecule has 0 radical (unpaired) electrons. The van der Waals surface area contributed by atoms with Gasteiger partial charge in [-0.05, 0) is 55.7 Å². The Morgan fingerprint density at radius 2 is 1.67 bits per heavy atom. The van der Waals surface area contributed by atoms with E-state index in [1.54, 1.807) is 38.1 Å². The normalized spacial score (nSPS) is 11.4. The Kier molecular flexibility index (Phi) is 4.30. The van der Waals surface area contributed by atoms with Crippen molar-refractivity contribution >= 4 is 37.3 Å². The van der Waals surface area contributed by atoms with Gasteiger partial charge < -0.3 is 5.73 Å². The molecule has 3 N–H and O–H groups in total. The maximum Gasteiger partial charge on any atom is 0.262 e. The van der Waals surface area contributed by atoms with Crippen molar-refractivity contribution in [2.24, 2.45) is 0 Å². The third-order valence-electron chi connectivity index (χ3n) is 3.42. The molecule has 0 aliphatic rings. The summed E-state index contributed by atoms with van der Waals surface area (Å²) in [5.41, 5.74) is 9.38. The number of halogens is 1. The first kappa shape index (κ1) is 15.9. The van der Waals surface area contributed by atoms with Gasteiger partial charge in [-0.3, -0.25) is 4.72 Å². The van der Waals surface area contributed by atoms with Crippen LogP contribution in [0.3, 0.4) is 0 Å². The van der Waals surface area contributed by atoms with Gasteiger partial charge in [0.05, 0.1) is 10.6 Å². The number of hydrogen-bond acceptors (Lipinski definition) is 3. The second kappa shape index (κ2) is 5.69. The summed E-state index contributed by atoms with van der Waals surface area (Å²) in [6.07, 6.45) is 0. The van der Waals surface area contributed by atoms with Crippen molar-refractivity contribution in [1.29, 1.82) is 0 Å². The monoisotopic (exact) mass is 368 g/mol. The average Bonchev–Trinajstić information content (AvgIpc) is 2.42. The van der Waals surface area contributed by atoms with Crippen LogP contribution in [0.25, 0.3) is 0 Å². The molecule has 6 heteroatoms. The Morgan fingerprint density at radius 3 is 2.33 bits per heavy atom. The largest absolute Gasteiger partial charge is 0.398 e. The highest BCUT2D eigenvalue weighted by Gasteiger charge is 2.19. The molecule has 0 aliphatic carbocycles.